The number of carbonyl (C=O) groups excluding carboxylic acids is 1. The van der Waals surface area contributed by atoms with Crippen LogP contribution < -0.4 is 0 Å². The van der Waals surface area contributed by atoms with Crippen molar-refractivity contribution >= 4 is 6.29 Å². The molecule has 3 aromatic rings. The van der Waals surface area contributed by atoms with Crippen LogP contribution in [0, 0.1) is 6.92 Å². The van der Waals surface area contributed by atoms with E-state index in [2.05, 4.69) is 10.2 Å². The summed E-state index contributed by atoms with van der Waals surface area (Å²) in [6.45, 7) is 2.02. The summed E-state index contributed by atoms with van der Waals surface area (Å²) >= 11 is 0. The maximum atomic E-state index is 11.3. The lowest BCUT2D eigenvalue weighted by atomic mass is 10.2. The van der Waals surface area contributed by atoms with E-state index in [-0.39, 0.29) is 0 Å². The molecule has 0 aliphatic carbocycles. The molecule has 2 heterocycles. The van der Waals surface area contributed by atoms with Gasteiger partial charge in [0.1, 0.15) is 5.69 Å². The van der Waals surface area contributed by atoms with Gasteiger partial charge in [-0.15, -0.1) is 0 Å². The van der Waals surface area contributed by atoms with Crippen molar-refractivity contribution in [2.45, 2.75) is 6.92 Å². The topological polar surface area (TPSA) is 52.7 Å². The van der Waals surface area contributed by atoms with Crippen molar-refractivity contribution in [1.29, 1.82) is 0 Å². The van der Waals surface area contributed by atoms with Crippen LogP contribution in [0.25, 0.3) is 16.9 Å². The Balaban J connectivity index is 2.14. The van der Waals surface area contributed by atoms with Crippen molar-refractivity contribution in [3.63, 3.8) is 0 Å². The van der Waals surface area contributed by atoms with E-state index in [0.29, 0.717) is 11.3 Å². The number of rotatable bonds is 3. The van der Waals surface area contributed by atoms with E-state index < -0.39 is 0 Å². The molecule has 0 atom stereocenters. The van der Waals surface area contributed by atoms with Gasteiger partial charge in [0.2, 0.25) is 0 Å². The van der Waals surface area contributed by atoms with Gasteiger partial charge in [0.25, 0.3) is 0 Å². The Labute approximate surface area is 116 Å². The van der Waals surface area contributed by atoms with Crippen molar-refractivity contribution in [1.82, 2.24) is 19.6 Å². The number of carbonyl (C=O) groups is 1. The molecular weight excluding hydrogens is 252 g/mol. The molecule has 0 aliphatic rings. The van der Waals surface area contributed by atoms with Gasteiger partial charge in [-0.1, -0.05) is 18.2 Å². The Morgan fingerprint density at radius 2 is 2.00 bits per heavy atom. The van der Waals surface area contributed by atoms with Crippen LogP contribution in [0.15, 0.2) is 42.9 Å². The molecule has 0 fully saturated rings. The predicted molar refractivity (Wildman–Crippen MR) is 75.9 cm³/mol. The minimum atomic E-state index is 0.557. The largest absolute Gasteiger partial charge is 0.298 e. The monoisotopic (exact) mass is 266 g/mol. The lowest BCUT2D eigenvalue weighted by molar-refractivity contribution is 0.112. The molecule has 0 aliphatic heterocycles. The fraction of sp³-hybridized carbons (Fsp3) is 0.133. The smallest absolute Gasteiger partial charge is 0.153 e. The molecule has 0 N–H and O–H groups in total. The number of nitrogens with zero attached hydrogens (tertiary/aromatic N) is 4. The number of benzene rings is 1. The molecule has 5 nitrogen and oxygen atoms in total. The third kappa shape index (κ3) is 2.03. The molecule has 5 heteroatoms. The Morgan fingerprint density at radius 1 is 1.20 bits per heavy atom. The van der Waals surface area contributed by atoms with Gasteiger partial charge in [-0.2, -0.15) is 10.2 Å². The van der Waals surface area contributed by atoms with Crippen LogP contribution in [0.4, 0.5) is 0 Å². The number of aldehydes is 1. The first kappa shape index (κ1) is 12.3. The first-order valence-electron chi connectivity index (χ1n) is 6.29. The summed E-state index contributed by atoms with van der Waals surface area (Å²) in [5.74, 6) is 0. The van der Waals surface area contributed by atoms with Crippen LogP contribution in [0.1, 0.15) is 15.9 Å². The first-order chi connectivity index (χ1) is 9.69. The molecule has 0 saturated carbocycles. The third-order valence-corrected chi connectivity index (χ3v) is 3.21. The van der Waals surface area contributed by atoms with Crippen molar-refractivity contribution in [3.05, 3.63) is 54.0 Å². The molecule has 0 bridgehead atoms. The first-order valence-corrected chi connectivity index (χ1v) is 6.29. The zero-order valence-electron chi connectivity index (χ0n) is 11.3. The van der Waals surface area contributed by atoms with Crippen LogP contribution in [0.5, 0.6) is 0 Å². The van der Waals surface area contributed by atoms with Gasteiger partial charge in [-0.3, -0.25) is 9.48 Å². The zero-order valence-corrected chi connectivity index (χ0v) is 11.3. The van der Waals surface area contributed by atoms with Gasteiger partial charge >= 0.3 is 0 Å². The summed E-state index contributed by atoms with van der Waals surface area (Å²) in [6, 6.07) is 7.92. The number of aromatic nitrogens is 4. The SMILES string of the molecule is Cc1ccccc1-n1cc(C=O)c(-c2cnn(C)c2)n1. The summed E-state index contributed by atoms with van der Waals surface area (Å²) in [7, 11) is 1.84. The van der Waals surface area contributed by atoms with Crippen LogP contribution in [-0.2, 0) is 7.05 Å². The summed E-state index contributed by atoms with van der Waals surface area (Å²) in [5, 5.41) is 8.65. The number of aryl methyl sites for hydroxylation is 2. The maximum Gasteiger partial charge on any atom is 0.153 e. The number of hydrogen-bond acceptors (Lipinski definition) is 3. The molecule has 1 aromatic carbocycles. The van der Waals surface area contributed by atoms with Gasteiger partial charge in [0.05, 0.1) is 17.4 Å². The average molecular weight is 266 g/mol. The molecule has 20 heavy (non-hydrogen) atoms. The van der Waals surface area contributed by atoms with Crippen molar-refractivity contribution in [2.75, 3.05) is 0 Å². The van der Waals surface area contributed by atoms with Crippen molar-refractivity contribution in [2.24, 2.45) is 7.05 Å². The van der Waals surface area contributed by atoms with E-state index in [1.807, 2.05) is 44.4 Å². The van der Waals surface area contributed by atoms with Gasteiger partial charge in [0, 0.05) is 25.0 Å². The van der Waals surface area contributed by atoms with E-state index in [9.17, 15) is 4.79 Å². The molecule has 3 rings (SSSR count). The Bertz CT molecular complexity index is 770. The number of hydrogen-bond donors (Lipinski definition) is 0. The predicted octanol–water partition coefficient (Wildman–Crippen LogP) is 2.39. The van der Waals surface area contributed by atoms with E-state index in [4.69, 9.17) is 0 Å². The van der Waals surface area contributed by atoms with Gasteiger partial charge in [0.15, 0.2) is 6.29 Å². The van der Waals surface area contributed by atoms with Crippen molar-refractivity contribution in [3.8, 4) is 16.9 Å². The lowest BCUT2D eigenvalue weighted by Crippen LogP contribution is -1.97. The van der Waals surface area contributed by atoms with Crippen molar-refractivity contribution < 1.29 is 4.79 Å². The number of para-hydroxylation sites is 1. The van der Waals surface area contributed by atoms with Crippen LogP contribution in [0.3, 0.4) is 0 Å². The highest BCUT2D eigenvalue weighted by Gasteiger charge is 2.13. The lowest BCUT2D eigenvalue weighted by Gasteiger charge is -2.04. The molecule has 0 spiro atoms. The fourth-order valence-corrected chi connectivity index (χ4v) is 2.19. The van der Waals surface area contributed by atoms with Crippen LogP contribution in [0.2, 0.25) is 0 Å². The molecule has 0 unspecified atom stereocenters. The summed E-state index contributed by atoms with van der Waals surface area (Å²) < 4.78 is 3.43. The highest BCUT2D eigenvalue weighted by molar-refractivity contribution is 5.85. The normalized spacial score (nSPS) is 10.7. The Kier molecular flexibility index (Phi) is 2.95. The van der Waals surface area contributed by atoms with E-state index in [0.717, 1.165) is 23.1 Å². The Hall–Kier alpha value is -2.69. The fourth-order valence-electron chi connectivity index (χ4n) is 2.19. The van der Waals surface area contributed by atoms with E-state index >= 15 is 0 Å². The second-order valence-corrected chi connectivity index (χ2v) is 4.68. The molecule has 0 amide bonds. The minimum absolute atomic E-state index is 0.557. The van der Waals surface area contributed by atoms with Gasteiger partial charge in [-0.25, -0.2) is 4.68 Å². The summed E-state index contributed by atoms with van der Waals surface area (Å²) in [5.41, 5.74) is 4.11. The third-order valence-electron chi connectivity index (χ3n) is 3.21. The molecular formula is C15H14N4O. The molecule has 2 aromatic heterocycles. The minimum Gasteiger partial charge on any atom is -0.298 e. The summed E-state index contributed by atoms with van der Waals surface area (Å²) in [6.07, 6.45) is 6.12. The molecule has 100 valence electrons. The van der Waals surface area contributed by atoms with E-state index in [1.54, 1.807) is 21.8 Å². The second kappa shape index (κ2) is 4.77. The highest BCUT2D eigenvalue weighted by atomic mass is 16.1. The Morgan fingerprint density at radius 3 is 2.65 bits per heavy atom. The van der Waals surface area contributed by atoms with E-state index in [1.165, 1.54) is 0 Å². The molecule has 0 radical (unpaired) electrons. The second-order valence-electron chi connectivity index (χ2n) is 4.68. The maximum absolute atomic E-state index is 11.3. The van der Waals surface area contributed by atoms with Crippen LogP contribution in [-0.4, -0.2) is 25.8 Å². The summed E-state index contributed by atoms with van der Waals surface area (Å²) in [4.78, 5) is 11.3. The molecule has 0 saturated heterocycles. The highest BCUT2D eigenvalue weighted by Crippen LogP contribution is 2.22. The van der Waals surface area contributed by atoms with Crippen LogP contribution >= 0.6 is 0 Å². The van der Waals surface area contributed by atoms with Gasteiger partial charge < -0.3 is 0 Å². The standard InChI is InChI=1S/C15H14N4O/c1-11-5-3-4-6-14(11)19-9-13(10-20)15(17-19)12-7-16-18(2)8-12/h3-10H,1-2H3. The zero-order chi connectivity index (χ0) is 14.1. The quantitative estimate of drug-likeness (QED) is 0.684. The van der Waals surface area contributed by atoms with Gasteiger partial charge in [-0.05, 0) is 18.6 Å². The average Bonchev–Trinajstić information content (AvgIpc) is 3.05.